The van der Waals surface area contributed by atoms with E-state index in [9.17, 15) is 19.2 Å². The zero-order chi connectivity index (χ0) is 15.1. The molecule has 8 heteroatoms. The first-order valence-corrected chi connectivity index (χ1v) is 6.45. The molecular formula is C12H19N3O5. The van der Waals surface area contributed by atoms with E-state index in [1.165, 1.54) is 0 Å². The van der Waals surface area contributed by atoms with Crippen LogP contribution in [0.5, 0.6) is 0 Å². The number of aliphatic carboxylic acids is 1. The lowest BCUT2D eigenvalue weighted by atomic mass is 10.0. The fourth-order valence-electron chi connectivity index (χ4n) is 1.95. The maximum absolute atomic E-state index is 11.5. The van der Waals surface area contributed by atoms with Crippen molar-refractivity contribution in [1.82, 2.24) is 16.0 Å². The standard InChI is InChI=1S/C12H19N3O5/c1-7(5-11(18)19)4-10(17)15-12(20)13-6-8-2-3-9(16)14-8/h7-8H,2-6H2,1H3,(H,14,16)(H,18,19)(H2,13,15,17,20). The molecule has 2 atom stereocenters. The van der Waals surface area contributed by atoms with E-state index in [0.29, 0.717) is 12.8 Å². The fraction of sp³-hybridized carbons (Fsp3) is 0.667. The van der Waals surface area contributed by atoms with Gasteiger partial charge >= 0.3 is 12.0 Å². The minimum absolute atomic E-state index is 0.0279. The van der Waals surface area contributed by atoms with Crippen molar-refractivity contribution in [3.8, 4) is 0 Å². The molecule has 1 heterocycles. The summed E-state index contributed by atoms with van der Waals surface area (Å²) in [6.45, 7) is 1.88. The number of carbonyl (C=O) groups excluding carboxylic acids is 3. The molecule has 8 nitrogen and oxygen atoms in total. The van der Waals surface area contributed by atoms with Crippen molar-refractivity contribution in [2.75, 3.05) is 6.54 Å². The van der Waals surface area contributed by atoms with E-state index in [4.69, 9.17) is 5.11 Å². The average molecular weight is 285 g/mol. The summed E-state index contributed by atoms with van der Waals surface area (Å²) in [5, 5.41) is 15.9. The number of imide groups is 1. The molecule has 4 N–H and O–H groups in total. The van der Waals surface area contributed by atoms with Crippen LogP contribution < -0.4 is 16.0 Å². The Bertz CT molecular complexity index is 410. The molecule has 0 aliphatic carbocycles. The summed E-state index contributed by atoms with van der Waals surface area (Å²) in [5.74, 6) is -1.89. The third-order valence-corrected chi connectivity index (χ3v) is 2.90. The van der Waals surface area contributed by atoms with Crippen molar-refractivity contribution < 1.29 is 24.3 Å². The molecular weight excluding hydrogens is 266 g/mol. The minimum atomic E-state index is -0.980. The quantitative estimate of drug-likeness (QED) is 0.528. The first-order valence-electron chi connectivity index (χ1n) is 6.45. The van der Waals surface area contributed by atoms with Gasteiger partial charge in [-0.2, -0.15) is 0 Å². The molecule has 1 rings (SSSR count). The number of rotatable bonds is 6. The maximum Gasteiger partial charge on any atom is 0.321 e. The van der Waals surface area contributed by atoms with Gasteiger partial charge in [0.1, 0.15) is 0 Å². The minimum Gasteiger partial charge on any atom is -0.481 e. The van der Waals surface area contributed by atoms with E-state index in [2.05, 4.69) is 16.0 Å². The highest BCUT2D eigenvalue weighted by atomic mass is 16.4. The molecule has 0 aromatic rings. The smallest absolute Gasteiger partial charge is 0.321 e. The second kappa shape index (κ2) is 7.46. The Morgan fingerprint density at radius 3 is 2.65 bits per heavy atom. The number of nitrogens with one attached hydrogen (secondary N) is 3. The Kier molecular flexibility index (Phi) is 5.95. The Hall–Kier alpha value is -2.12. The van der Waals surface area contributed by atoms with E-state index in [-0.39, 0.29) is 37.3 Å². The van der Waals surface area contributed by atoms with E-state index in [1.54, 1.807) is 6.92 Å². The Balaban J connectivity index is 2.19. The average Bonchev–Trinajstić information content (AvgIpc) is 2.71. The molecule has 1 aliphatic heterocycles. The van der Waals surface area contributed by atoms with Crippen molar-refractivity contribution in [3.05, 3.63) is 0 Å². The number of amides is 4. The highest BCUT2D eigenvalue weighted by Crippen LogP contribution is 2.07. The topological polar surface area (TPSA) is 125 Å². The summed E-state index contributed by atoms with van der Waals surface area (Å²) in [7, 11) is 0. The zero-order valence-corrected chi connectivity index (χ0v) is 11.3. The van der Waals surface area contributed by atoms with Gasteiger partial charge in [0, 0.05) is 31.8 Å². The summed E-state index contributed by atoms with van der Waals surface area (Å²) in [4.78, 5) is 44.3. The second-order valence-electron chi connectivity index (χ2n) is 4.97. The van der Waals surface area contributed by atoms with Crippen molar-refractivity contribution >= 4 is 23.8 Å². The van der Waals surface area contributed by atoms with Crippen LogP contribution in [0.15, 0.2) is 0 Å². The number of carbonyl (C=O) groups is 4. The van der Waals surface area contributed by atoms with E-state index >= 15 is 0 Å². The molecule has 2 unspecified atom stereocenters. The predicted octanol–water partition coefficient (Wildman–Crippen LogP) is -0.408. The molecule has 0 bridgehead atoms. The molecule has 1 fully saturated rings. The van der Waals surface area contributed by atoms with Crippen LogP contribution in [0.3, 0.4) is 0 Å². The predicted molar refractivity (Wildman–Crippen MR) is 68.7 cm³/mol. The summed E-state index contributed by atoms with van der Waals surface area (Å²) in [6.07, 6.45) is 0.950. The molecule has 0 spiro atoms. The van der Waals surface area contributed by atoms with Gasteiger partial charge in [-0.15, -0.1) is 0 Å². The van der Waals surface area contributed by atoms with Gasteiger partial charge in [-0.05, 0) is 12.3 Å². The Labute approximate surface area is 116 Å². The highest BCUT2D eigenvalue weighted by molar-refractivity contribution is 5.94. The number of carboxylic acid groups (broad SMARTS) is 1. The first kappa shape index (κ1) is 15.9. The number of urea groups is 1. The molecule has 0 radical (unpaired) electrons. The summed E-state index contributed by atoms with van der Waals surface area (Å²) >= 11 is 0. The lowest BCUT2D eigenvalue weighted by molar-refractivity contribution is -0.138. The summed E-state index contributed by atoms with van der Waals surface area (Å²) < 4.78 is 0. The molecule has 0 aromatic heterocycles. The normalized spacial score (nSPS) is 19.1. The van der Waals surface area contributed by atoms with Crippen LogP contribution in [0.2, 0.25) is 0 Å². The second-order valence-corrected chi connectivity index (χ2v) is 4.97. The van der Waals surface area contributed by atoms with Crippen molar-refractivity contribution in [1.29, 1.82) is 0 Å². The van der Waals surface area contributed by atoms with Crippen LogP contribution in [0.1, 0.15) is 32.6 Å². The number of carboxylic acids is 1. The third-order valence-electron chi connectivity index (χ3n) is 2.90. The van der Waals surface area contributed by atoms with Gasteiger partial charge in [-0.3, -0.25) is 19.7 Å². The molecule has 4 amide bonds. The Morgan fingerprint density at radius 2 is 2.10 bits per heavy atom. The maximum atomic E-state index is 11.5. The van der Waals surface area contributed by atoms with E-state index < -0.39 is 17.9 Å². The van der Waals surface area contributed by atoms with Gasteiger partial charge < -0.3 is 15.7 Å². The molecule has 112 valence electrons. The van der Waals surface area contributed by atoms with Crippen LogP contribution in [0.4, 0.5) is 4.79 Å². The van der Waals surface area contributed by atoms with Crippen molar-refractivity contribution in [3.63, 3.8) is 0 Å². The molecule has 0 saturated carbocycles. The van der Waals surface area contributed by atoms with Gasteiger partial charge in [0.25, 0.3) is 0 Å². The van der Waals surface area contributed by atoms with Crippen LogP contribution in [0, 0.1) is 5.92 Å². The first-order chi connectivity index (χ1) is 9.36. The van der Waals surface area contributed by atoms with Crippen molar-refractivity contribution in [2.45, 2.75) is 38.6 Å². The highest BCUT2D eigenvalue weighted by Gasteiger charge is 2.21. The number of hydrogen-bond donors (Lipinski definition) is 4. The van der Waals surface area contributed by atoms with Gasteiger partial charge in [-0.1, -0.05) is 6.92 Å². The van der Waals surface area contributed by atoms with Gasteiger partial charge in [0.05, 0.1) is 0 Å². The third kappa shape index (κ3) is 6.17. The molecule has 1 saturated heterocycles. The summed E-state index contributed by atoms with van der Waals surface area (Å²) in [5.41, 5.74) is 0. The lowest BCUT2D eigenvalue weighted by Gasteiger charge is -2.12. The van der Waals surface area contributed by atoms with Crippen LogP contribution in [0.25, 0.3) is 0 Å². The Morgan fingerprint density at radius 1 is 1.40 bits per heavy atom. The lowest BCUT2D eigenvalue weighted by Crippen LogP contribution is -2.45. The zero-order valence-electron chi connectivity index (χ0n) is 11.3. The SMILES string of the molecule is CC(CC(=O)O)CC(=O)NC(=O)NCC1CCC(=O)N1. The van der Waals surface area contributed by atoms with Crippen LogP contribution in [-0.2, 0) is 14.4 Å². The van der Waals surface area contributed by atoms with Gasteiger partial charge in [0.15, 0.2) is 0 Å². The largest absolute Gasteiger partial charge is 0.481 e. The van der Waals surface area contributed by atoms with Crippen LogP contribution in [-0.4, -0.2) is 41.5 Å². The van der Waals surface area contributed by atoms with Gasteiger partial charge in [0.2, 0.25) is 11.8 Å². The summed E-state index contributed by atoms with van der Waals surface area (Å²) in [6, 6.07) is -0.743. The fourth-order valence-corrected chi connectivity index (χ4v) is 1.95. The van der Waals surface area contributed by atoms with Crippen LogP contribution >= 0.6 is 0 Å². The van der Waals surface area contributed by atoms with Gasteiger partial charge in [-0.25, -0.2) is 4.79 Å². The molecule has 1 aliphatic rings. The molecule has 0 aromatic carbocycles. The van der Waals surface area contributed by atoms with E-state index in [0.717, 1.165) is 0 Å². The van der Waals surface area contributed by atoms with E-state index in [1.807, 2.05) is 0 Å². The monoisotopic (exact) mass is 285 g/mol. The molecule has 20 heavy (non-hydrogen) atoms. The van der Waals surface area contributed by atoms with Crippen molar-refractivity contribution in [2.24, 2.45) is 5.92 Å². The number of hydrogen-bond acceptors (Lipinski definition) is 4.